The summed E-state index contributed by atoms with van der Waals surface area (Å²) in [4.78, 5) is 15.5. The van der Waals surface area contributed by atoms with E-state index in [1.165, 1.54) is 0 Å². The number of anilines is 2. The van der Waals surface area contributed by atoms with Gasteiger partial charge in [0.1, 0.15) is 11.3 Å². The average molecular weight is 241 g/mol. The van der Waals surface area contributed by atoms with Crippen LogP contribution in [-0.2, 0) is 0 Å². The topological polar surface area (TPSA) is 75.7 Å². The third-order valence-corrected chi connectivity index (χ3v) is 2.52. The Balaban J connectivity index is 1.85. The van der Waals surface area contributed by atoms with E-state index in [1.807, 2.05) is 24.3 Å². The predicted octanol–water partition coefficient (Wildman–Crippen LogP) is 2.11. The fourth-order valence-electron chi connectivity index (χ4n) is 1.60. The van der Waals surface area contributed by atoms with Gasteiger partial charge in [0, 0.05) is 5.69 Å². The van der Waals surface area contributed by atoms with Crippen molar-refractivity contribution in [3.05, 3.63) is 36.8 Å². The quantitative estimate of drug-likeness (QED) is 0.734. The first kappa shape index (κ1) is 10.5. The van der Waals surface area contributed by atoms with E-state index in [9.17, 15) is 0 Å². The lowest BCUT2D eigenvalue weighted by atomic mass is 10.3. The van der Waals surface area contributed by atoms with Crippen molar-refractivity contribution in [3.8, 4) is 5.75 Å². The van der Waals surface area contributed by atoms with Crippen molar-refractivity contribution in [1.82, 2.24) is 19.9 Å². The number of nitrogens with zero attached hydrogens (tertiary/aromatic N) is 3. The number of aromatic amines is 1. The van der Waals surface area contributed by atoms with Gasteiger partial charge in [-0.1, -0.05) is 0 Å². The lowest BCUT2D eigenvalue weighted by Gasteiger charge is -2.05. The number of hydrogen-bond donors (Lipinski definition) is 2. The summed E-state index contributed by atoms with van der Waals surface area (Å²) < 4.78 is 5.09. The first-order valence-corrected chi connectivity index (χ1v) is 5.42. The van der Waals surface area contributed by atoms with Gasteiger partial charge in [0.25, 0.3) is 0 Å². The number of methoxy groups -OCH3 is 1. The average Bonchev–Trinajstić information content (AvgIpc) is 2.87. The molecule has 3 rings (SSSR count). The van der Waals surface area contributed by atoms with E-state index < -0.39 is 0 Å². The molecule has 0 fully saturated rings. The molecule has 0 saturated carbocycles. The van der Waals surface area contributed by atoms with Crippen molar-refractivity contribution in [1.29, 1.82) is 0 Å². The first-order chi connectivity index (χ1) is 8.85. The number of ether oxygens (including phenoxy) is 1. The first-order valence-electron chi connectivity index (χ1n) is 5.42. The van der Waals surface area contributed by atoms with Gasteiger partial charge in [-0.3, -0.25) is 0 Å². The predicted molar refractivity (Wildman–Crippen MR) is 68.0 cm³/mol. The molecule has 0 unspecified atom stereocenters. The normalized spacial score (nSPS) is 10.5. The van der Waals surface area contributed by atoms with Gasteiger partial charge in [0.2, 0.25) is 5.95 Å². The van der Waals surface area contributed by atoms with Crippen LogP contribution in [0.25, 0.3) is 11.2 Å². The van der Waals surface area contributed by atoms with Gasteiger partial charge in [-0.25, -0.2) is 9.97 Å². The maximum absolute atomic E-state index is 5.09. The van der Waals surface area contributed by atoms with Gasteiger partial charge >= 0.3 is 0 Å². The van der Waals surface area contributed by atoms with Crippen LogP contribution in [0.4, 0.5) is 11.6 Å². The maximum Gasteiger partial charge on any atom is 0.229 e. The van der Waals surface area contributed by atoms with E-state index in [2.05, 4.69) is 25.3 Å². The zero-order valence-corrected chi connectivity index (χ0v) is 9.71. The molecule has 3 aromatic rings. The molecular formula is C12H11N5O. The second kappa shape index (κ2) is 4.33. The van der Waals surface area contributed by atoms with Crippen LogP contribution >= 0.6 is 0 Å². The van der Waals surface area contributed by atoms with E-state index >= 15 is 0 Å². The minimum atomic E-state index is 0.514. The van der Waals surface area contributed by atoms with Crippen LogP contribution in [-0.4, -0.2) is 27.0 Å². The molecule has 2 aromatic heterocycles. The molecule has 0 bridgehead atoms. The van der Waals surface area contributed by atoms with E-state index in [1.54, 1.807) is 19.6 Å². The number of H-pyrrole nitrogens is 1. The van der Waals surface area contributed by atoms with Crippen LogP contribution in [0.1, 0.15) is 0 Å². The number of aromatic nitrogens is 4. The van der Waals surface area contributed by atoms with Gasteiger partial charge in [0.05, 0.1) is 19.6 Å². The fraction of sp³-hybridized carbons (Fsp3) is 0.0833. The monoisotopic (exact) mass is 241 g/mol. The van der Waals surface area contributed by atoms with Crippen LogP contribution in [0.3, 0.4) is 0 Å². The molecule has 1 aromatic carbocycles. The standard InChI is InChI=1S/C12H11N5O/c1-18-9-4-2-8(3-5-9)16-12-13-6-10-11(17-12)15-7-14-10/h2-7H,1H3,(H2,13,14,15,16,17). The molecule has 0 spiro atoms. The third-order valence-electron chi connectivity index (χ3n) is 2.52. The minimum absolute atomic E-state index is 0.514. The molecule has 6 nitrogen and oxygen atoms in total. The summed E-state index contributed by atoms with van der Waals surface area (Å²) in [5.41, 5.74) is 2.35. The fourth-order valence-corrected chi connectivity index (χ4v) is 1.60. The highest BCUT2D eigenvalue weighted by atomic mass is 16.5. The van der Waals surface area contributed by atoms with Crippen molar-refractivity contribution in [2.45, 2.75) is 0 Å². The third kappa shape index (κ3) is 1.95. The molecule has 0 aliphatic heterocycles. The smallest absolute Gasteiger partial charge is 0.229 e. The Morgan fingerprint density at radius 1 is 1.17 bits per heavy atom. The molecule has 2 heterocycles. The molecule has 0 aliphatic carbocycles. The second-order valence-corrected chi connectivity index (χ2v) is 3.69. The highest BCUT2D eigenvalue weighted by molar-refractivity contribution is 5.70. The second-order valence-electron chi connectivity index (χ2n) is 3.69. The summed E-state index contributed by atoms with van der Waals surface area (Å²) >= 11 is 0. The summed E-state index contributed by atoms with van der Waals surface area (Å²) in [7, 11) is 1.64. The van der Waals surface area contributed by atoms with Crippen molar-refractivity contribution in [2.75, 3.05) is 12.4 Å². The molecule has 0 saturated heterocycles. The van der Waals surface area contributed by atoms with E-state index in [-0.39, 0.29) is 0 Å². The van der Waals surface area contributed by atoms with Crippen LogP contribution in [0.5, 0.6) is 5.75 Å². The maximum atomic E-state index is 5.09. The van der Waals surface area contributed by atoms with Crippen LogP contribution < -0.4 is 10.1 Å². The molecule has 0 aliphatic rings. The summed E-state index contributed by atoms with van der Waals surface area (Å²) in [6.07, 6.45) is 3.29. The summed E-state index contributed by atoms with van der Waals surface area (Å²) in [5.74, 6) is 1.32. The molecule has 6 heteroatoms. The number of rotatable bonds is 3. The number of benzene rings is 1. The van der Waals surface area contributed by atoms with Crippen LogP contribution in [0.2, 0.25) is 0 Å². The molecule has 18 heavy (non-hydrogen) atoms. The molecule has 90 valence electrons. The highest BCUT2D eigenvalue weighted by Crippen LogP contribution is 2.18. The Hall–Kier alpha value is -2.63. The Kier molecular flexibility index (Phi) is 2.53. The molecule has 0 atom stereocenters. The van der Waals surface area contributed by atoms with Gasteiger partial charge < -0.3 is 15.0 Å². The molecule has 0 radical (unpaired) electrons. The number of fused-ring (bicyclic) bond motifs is 1. The summed E-state index contributed by atoms with van der Waals surface area (Å²) in [6, 6.07) is 7.54. The molecule has 2 N–H and O–H groups in total. The van der Waals surface area contributed by atoms with Gasteiger partial charge in [-0.05, 0) is 24.3 Å². The number of hydrogen-bond acceptors (Lipinski definition) is 5. The zero-order valence-electron chi connectivity index (χ0n) is 9.71. The Labute approximate surface area is 103 Å². The van der Waals surface area contributed by atoms with Crippen molar-refractivity contribution >= 4 is 22.8 Å². The van der Waals surface area contributed by atoms with Crippen LogP contribution in [0.15, 0.2) is 36.8 Å². The molecule has 0 amide bonds. The Morgan fingerprint density at radius 3 is 2.78 bits per heavy atom. The van der Waals surface area contributed by atoms with E-state index in [4.69, 9.17) is 4.74 Å². The Morgan fingerprint density at radius 2 is 2.00 bits per heavy atom. The molecular weight excluding hydrogens is 230 g/mol. The van der Waals surface area contributed by atoms with Crippen molar-refractivity contribution < 1.29 is 4.74 Å². The van der Waals surface area contributed by atoms with Gasteiger partial charge in [-0.15, -0.1) is 0 Å². The summed E-state index contributed by atoms with van der Waals surface area (Å²) in [5, 5.41) is 3.11. The SMILES string of the molecule is COc1ccc(Nc2ncc3[nH]cnc3n2)cc1. The highest BCUT2D eigenvalue weighted by Gasteiger charge is 2.02. The minimum Gasteiger partial charge on any atom is -0.497 e. The van der Waals surface area contributed by atoms with Crippen molar-refractivity contribution in [2.24, 2.45) is 0 Å². The largest absolute Gasteiger partial charge is 0.497 e. The van der Waals surface area contributed by atoms with Gasteiger partial charge in [-0.2, -0.15) is 4.98 Å². The zero-order chi connectivity index (χ0) is 12.4. The number of imidazole rings is 1. The van der Waals surface area contributed by atoms with E-state index in [0.717, 1.165) is 17.0 Å². The number of nitrogens with one attached hydrogen (secondary N) is 2. The van der Waals surface area contributed by atoms with E-state index in [0.29, 0.717) is 11.6 Å². The lowest BCUT2D eigenvalue weighted by Crippen LogP contribution is -1.96. The van der Waals surface area contributed by atoms with Gasteiger partial charge in [0.15, 0.2) is 5.65 Å². The summed E-state index contributed by atoms with van der Waals surface area (Å²) in [6.45, 7) is 0. The lowest BCUT2D eigenvalue weighted by molar-refractivity contribution is 0.415. The Bertz CT molecular complexity index is 662. The van der Waals surface area contributed by atoms with Crippen molar-refractivity contribution in [3.63, 3.8) is 0 Å². The van der Waals surface area contributed by atoms with Crippen LogP contribution in [0, 0.1) is 0 Å².